The first-order valence-electron chi connectivity index (χ1n) is 11.8. The topological polar surface area (TPSA) is 86.8 Å². The van der Waals surface area contributed by atoms with Gasteiger partial charge in [-0.05, 0) is 48.7 Å². The van der Waals surface area contributed by atoms with Gasteiger partial charge in [0.15, 0.2) is 0 Å². The number of sulfonamides is 1. The predicted molar refractivity (Wildman–Crippen MR) is 148 cm³/mol. The maximum atomic E-state index is 13.9. The van der Waals surface area contributed by atoms with Gasteiger partial charge in [-0.15, -0.1) is 0 Å². The molecular weight excluding hydrogens is 510 g/mol. The minimum atomic E-state index is -3.83. The summed E-state index contributed by atoms with van der Waals surface area (Å²) in [7, 11) is -2.31. The number of likely N-dealkylation sites (N-methyl/N-ethyl adjacent to an activating group) is 1. The van der Waals surface area contributed by atoms with Crippen LogP contribution in [0.2, 0.25) is 5.02 Å². The Labute approximate surface area is 224 Å². The molecule has 3 aromatic carbocycles. The van der Waals surface area contributed by atoms with Crippen LogP contribution in [-0.2, 0) is 32.6 Å². The highest BCUT2D eigenvalue weighted by molar-refractivity contribution is 7.92. The summed E-state index contributed by atoms with van der Waals surface area (Å²) in [5.74, 6) is -0.831. The lowest BCUT2D eigenvalue weighted by atomic mass is 10.0. The molecule has 0 aliphatic rings. The van der Waals surface area contributed by atoms with Gasteiger partial charge in [-0.3, -0.25) is 13.9 Å². The molecule has 7 nitrogen and oxygen atoms in total. The van der Waals surface area contributed by atoms with Crippen LogP contribution >= 0.6 is 11.6 Å². The summed E-state index contributed by atoms with van der Waals surface area (Å²) in [5, 5.41) is 3.13. The molecule has 0 bridgehead atoms. The fourth-order valence-electron chi connectivity index (χ4n) is 4.10. The van der Waals surface area contributed by atoms with Gasteiger partial charge in [-0.1, -0.05) is 71.8 Å². The molecule has 3 aromatic rings. The Morgan fingerprint density at radius 1 is 0.946 bits per heavy atom. The number of aryl methyl sites for hydroxylation is 2. The number of benzene rings is 3. The van der Waals surface area contributed by atoms with E-state index in [1.165, 1.54) is 11.9 Å². The SMILES string of the molecule is CNC(=O)C(Cc1ccccc1)N(Cc1ccc(C)cc1)C(=O)CN(c1ccc(Cl)cc1C)S(C)(=O)=O. The van der Waals surface area contributed by atoms with E-state index in [1.807, 2.05) is 61.5 Å². The Balaban J connectivity index is 2.04. The molecule has 2 amide bonds. The molecule has 1 N–H and O–H groups in total. The zero-order chi connectivity index (χ0) is 27.2. The lowest BCUT2D eigenvalue weighted by Crippen LogP contribution is -2.53. The van der Waals surface area contributed by atoms with Crippen molar-refractivity contribution in [1.82, 2.24) is 10.2 Å². The van der Waals surface area contributed by atoms with Crippen LogP contribution in [0.1, 0.15) is 22.3 Å². The van der Waals surface area contributed by atoms with Crippen LogP contribution in [0.4, 0.5) is 5.69 Å². The van der Waals surface area contributed by atoms with Crippen LogP contribution in [0.25, 0.3) is 0 Å². The molecule has 0 aliphatic carbocycles. The Hall–Kier alpha value is -3.36. The summed E-state index contributed by atoms with van der Waals surface area (Å²) in [4.78, 5) is 28.4. The number of carbonyl (C=O) groups is 2. The first kappa shape index (κ1) is 28.2. The number of hydrogen-bond acceptors (Lipinski definition) is 4. The number of nitrogens with one attached hydrogen (secondary N) is 1. The lowest BCUT2D eigenvalue weighted by molar-refractivity contribution is -0.139. The number of hydrogen-bond donors (Lipinski definition) is 1. The zero-order valence-electron chi connectivity index (χ0n) is 21.4. The molecule has 0 saturated heterocycles. The van der Waals surface area contributed by atoms with E-state index in [0.717, 1.165) is 27.3 Å². The van der Waals surface area contributed by atoms with Crippen molar-refractivity contribution in [3.63, 3.8) is 0 Å². The van der Waals surface area contributed by atoms with Crippen LogP contribution in [0.3, 0.4) is 0 Å². The highest BCUT2D eigenvalue weighted by atomic mass is 35.5. The van der Waals surface area contributed by atoms with Crippen molar-refractivity contribution in [3.8, 4) is 0 Å². The van der Waals surface area contributed by atoms with Crippen molar-refractivity contribution in [2.24, 2.45) is 0 Å². The summed E-state index contributed by atoms with van der Waals surface area (Å²) in [5.41, 5.74) is 3.74. The molecule has 0 aliphatic heterocycles. The normalized spacial score (nSPS) is 12.0. The van der Waals surface area contributed by atoms with Gasteiger partial charge in [0.25, 0.3) is 0 Å². The van der Waals surface area contributed by atoms with E-state index < -0.39 is 28.5 Å². The minimum absolute atomic E-state index is 0.140. The van der Waals surface area contributed by atoms with Gasteiger partial charge in [-0.2, -0.15) is 0 Å². The summed E-state index contributed by atoms with van der Waals surface area (Å²) < 4.78 is 26.7. The van der Waals surface area contributed by atoms with E-state index in [-0.39, 0.29) is 18.9 Å². The molecule has 37 heavy (non-hydrogen) atoms. The highest BCUT2D eigenvalue weighted by Gasteiger charge is 2.32. The van der Waals surface area contributed by atoms with E-state index in [4.69, 9.17) is 11.6 Å². The molecule has 9 heteroatoms. The largest absolute Gasteiger partial charge is 0.357 e. The lowest BCUT2D eigenvalue weighted by Gasteiger charge is -2.33. The molecule has 196 valence electrons. The van der Waals surface area contributed by atoms with Gasteiger partial charge < -0.3 is 10.2 Å². The minimum Gasteiger partial charge on any atom is -0.357 e. The van der Waals surface area contributed by atoms with Gasteiger partial charge in [0.1, 0.15) is 12.6 Å². The molecule has 0 aromatic heterocycles. The van der Waals surface area contributed by atoms with E-state index in [9.17, 15) is 18.0 Å². The third kappa shape index (κ3) is 7.57. The fourth-order valence-corrected chi connectivity index (χ4v) is 5.24. The Bertz CT molecular complexity index is 1350. The molecule has 0 heterocycles. The summed E-state index contributed by atoms with van der Waals surface area (Å²) >= 11 is 6.08. The van der Waals surface area contributed by atoms with Crippen molar-refractivity contribution < 1.29 is 18.0 Å². The van der Waals surface area contributed by atoms with Gasteiger partial charge in [0.2, 0.25) is 21.8 Å². The molecule has 0 spiro atoms. The average molecular weight is 542 g/mol. The van der Waals surface area contributed by atoms with Crippen LogP contribution < -0.4 is 9.62 Å². The van der Waals surface area contributed by atoms with Crippen molar-refractivity contribution in [3.05, 3.63) is 100 Å². The smallest absolute Gasteiger partial charge is 0.244 e. The van der Waals surface area contributed by atoms with E-state index >= 15 is 0 Å². The Morgan fingerprint density at radius 3 is 2.16 bits per heavy atom. The molecule has 0 fully saturated rings. The van der Waals surface area contributed by atoms with E-state index in [2.05, 4.69) is 5.32 Å². The molecular formula is C28H32ClN3O4S. The standard InChI is InChI=1S/C28H32ClN3O4S/c1-20-10-12-23(13-11-20)18-31(26(28(34)30-3)17-22-8-6-5-7-9-22)27(33)19-32(37(4,35)36)25-15-14-24(29)16-21(25)2/h5-16,26H,17-19H2,1-4H3,(H,30,34). The summed E-state index contributed by atoms with van der Waals surface area (Å²) in [6.45, 7) is 3.38. The van der Waals surface area contributed by atoms with E-state index in [0.29, 0.717) is 16.3 Å². The van der Waals surface area contributed by atoms with Gasteiger partial charge in [0.05, 0.1) is 11.9 Å². The van der Waals surface area contributed by atoms with Crippen LogP contribution in [0, 0.1) is 13.8 Å². The van der Waals surface area contributed by atoms with Crippen molar-refractivity contribution in [1.29, 1.82) is 0 Å². The number of rotatable bonds is 10. The third-order valence-corrected chi connectivity index (χ3v) is 7.46. The maximum Gasteiger partial charge on any atom is 0.244 e. The number of nitrogens with zero attached hydrogens (tertiary/aromatic N) is 2. The molecule has 1 unspecified atom stereocenters. The second-order valence-corrected chi connectivity index (χ2v) is 11.4. The molecule has 1 atom stereocenters. The fraction of sp³-hybridized carbons (Fsp3) is 0.286. The number of halogens is 1. The van der Waals surface area contributed by atoms with E-state index in [1.54, 1.807) is 25.1 Å². The quantitative estimate of drug-likeness (QED) is 0.418. The van der Waals surface area contributed by atoms with Crippen molar-refractivity contribution >= 4 is 39.1 Å². The van der Waals surface area contributed by atoms with Crippen LogP contribution in [-0.4, -0.2) is 51.0 Å². The second-order valence-electron chi connectivity index (χ2n) is 9.03. The monoisotopic (exact) mass is 541 g/mol. The summed E-state index contributed by atoms with van der Waals surface area (Å²) in [6.07, 6.45) is 1.33. The first-order chi connectivity index (χ1) is 17.5. The molecule has 0 radical (unpaired) electrons. The zero-order valence-corrected chi connectivity index (χ0v) is 23.0. The van der Waals surface area contributed by atoms with Crippen molar-refractivity contribution in [2.45, 2.75) is 32.9 Å². The van der Waals surface area contributed by atoms with Gasteiger partial charge >= 0.3 is 0 Å². The molecule has 0 saturated carbocycles. The van der Waals surface area contributed by atoms with Crippen LogP contribution in [0.5, 0.6) is 0 Å². The van der Waals surface area contributed by atoms with Gasteiger partial charge in [-0.25, -0.2) is 8.42 Å². The molecule has 3 rings (SSSR count). The Kier molecular flexibility index (Phi) is 9.34. The predicted octanol–water partition coefficient (Wildman–Crippen LogP) is 4.11. The third-order valence-electron chi connectivity index (χ3n) is 6.10. The second kappa shape index (κ2) is 12.3. The number of amides is 2. The summed E-state index contributed by atoms with van der Waals surface area (Å²) in [6, 6.07) is 21.0. The maximum absolute atomic E-state index is 13.9. The number of anilines is 1. The van der Waals surface area contributed by atoms with Crippen molar-refractivity contribution in [2.75, 3.05) is 24.2 Å². The average Bonchev–Trinajstić information content (AvgIpc) is 2.85. The number of carbonyl (C=O) groups excluding carboxylic acids is 2. The van der Waals surface area contributed by atoms with Gasteiger partial charge in [0, 0.05) is 25.0 Å². The van der Waals surface area contributed by atoms with Crippen LogP contribution in [0.15, 0.2) is 72.8 Å². The highest BCUT2D eigenvalue weighted by Crippen LogP contribution is 2.26. The Morgan fingerprint density at radius 2 is 1.59 bits per heavy atom. The first-order valence-corrected chi connectivity index (χ1v) is 14.1.